The van der Waals surface area contributed by atoms with Crippen molar-refractivity contribution in [3.8, 4) is 5.75 Å². The van der Waals surface area contributed by atoms with Gasteiger partial charge in [0.1, 0.15) is 5.75 Å². The molecule has 0 saturated carbocycles. The molecule has 0 aliphatic carbocycles. The Hall–Kier alpha value is -1.06. The molecule has 1 rings (SSSR count). The predicted octanol–water partition coefficient (Wildman–Crippen LogP) is 2.90. The molecule has 0 radical (unpaired) electrons. The summed E-state index contributed by atoms with van der Waals surface area (Å²) in [6.45, 7) is 7.22. The second-order valence-electron chi connectivity index (χ2n) is 4.59. The predicted molar refractivity (Wildman–Crippen MR) is 74.9 cm³/mol. The van der Waals surface area contributed by atoms with Crippen molar-refractivity contribution in [3.63, 3.8) is 0 Å². The number of nitrogens with one attached hydrogen (secondary N) is 1. The third kappa shape index (κ3) is 4.67. The molecule has 3 nitrogen and oxygen atoms in total. The molecule has 0 spiro atoms. The molecule has 0 bridgehead atoms. The number of aliphatic hydroxyl groups excluding tert-OH is 1. The van der Waals surface area contributed by atoms with E-state index < -0.39 is 0 Å². The van der Waals surface area contributed by atoms with E-state index in [-0.39, 0.29) is 18.7 Å². The fourth-order valence-electron chi connectivity index (χ4n) is 1.82. The van der Waals surface area contributed by atoms with Gasteiger partial charge in [-0.2, -0.15) is 0 Å². The number of aliphatic hydroxyl groups is 1. The molecule has 2 atom stereocenters. The van der Waals surface area contributed by atoms with Crippen molar-refractivity contribution in [1.29, 1.82) is 0 Å². The summed E-state index contributed by atoms with van der Waals surface area (Å²) in [5, 5.41) is 12.6. The van der Waals surface area contributed by atoms with Crippen LogP contribution in [0.25, 0.3) is 0 Å². The Balaban J connectivity index is 2.55. The molecule has 102 valence electrons. The average molecular weight is 251 g/mol. The monoisotopic (exact) mass is 251 g/mol. The van der Waals surface area contributed by atoms with Crippen LogP contribution in [0.3, 0.4) is 0 Å². The topological polar surface area (TPSA) is 41.5 Å². The summed E-state index contributed by atoms with van der Waals surface area (Å²) in [6.07, 6.45) is 1.95. The first-order valence-corrected chi connectivity index (χ1v) is 6.80. The lowest BCUT2D eigenvalue weighted by Crippen LogP contribution is -2.33. The van der Waals surface area contributed by atoms with Gasteiger partial charge < -0.3 is 15.2 Å². The van der Waals surface area contributed by atoms with Crippen LogP contribution < -0.4 is 10.1 Å². The maximum absolute atomic E-state index is 9.18. The largest absolute Gasteiger partial charge is 0.494 e. The summed E-state index contributed by atoms with van der Waals surface area (Å²) < 4.78 is 5.55. The van der Waals surface area contributed by atoms with Gasteiger partial charge in [-0.25, -0.2) is 0 Å². The molecule has 1 aromatic carbocycles. The third-order valence-corrected chi connectivity index (χ3v) is 3.05. The fourth-order valence-corrected chi connectivity index (χ4v) is 1.82. The standard InChI is InChI=1S/C15H25NO2/c1-4-10-18-15-8-6-13(7-9-15)12(3)16-14(5-2)11-17/h6-9,12,14,16-17H,4-5,10-11H2,1-3H3. The van der Waals surface area contributed by atoms with E-state index in [0.29, 0.717) is 0 Å². The van der Waals surface area contributed by atoms with Crippen LogP contribution in [0.4, 0.5) is 0 Å². The van der Waals surface area contributed by atoms with Gasteiger partial charge in [0.25, 0.3) is 0 Å². The van der Waals surface area contributed by atoms with Gasteiger partial charge in [-0.05, 0) is 37.5 Å². The molecule has 2 unspecified atom stereocenters. The van der Waals surface area contributed by atoms with Crippen LogP contribution in [0.1, 0.15) is 45.2 Å². The molecule has 0 saturated heterocycles. The Kier molecular flexibility index (Phi) is 6.76. The van der Waals surface area contributed by atoms with Crippen LogP contribution in [0.5, 0.6) is 5.75 Å². The molecule has 0 aliphatic heterocycles. The Bertz CT molecular complexity index is 320. The first-order valence-electron chi connectivity index (χ1n) is 6.80. The highest BCUT2D eigenvalue weighted by Crippen LogP contribution is 2.18. The molecule has 0 aliphatic rings. The van der Waals surface area contributed by atoms with Crippen LogP contribution in [0.15, 0.2) is 24.3 Å². The zero-order valence-corrected chi connectivity index (χ0v) is 11.6. The van der Waals surface area contributed by atoms with Crippen molar-refractivity contribution in [2.24, 2.45) is 0 Å². The molecular weight excluding hydrogens is 226 g/mol. The lowest BCUT2D eigenvalue weighted by Gasteiger charge is -2.21. The molecule has 3 heteroatoms. The molecular formula is C15H25NO2. The average Bonchev–Trinajstić information content (AvgIpc) is 2.42. The lowest BCUT2D eigenvalue weighted by atomic mass is 10.1. The minimum absolute atomic E-state index is 0.163. The lowest BCUT2D eigenvalue weighted by molar-refractivity contribution is 0.230. The van der Waals surface area contributed by atoms with Crippen molar-refractivity contribution in [1.82, 2.24) is 5.32 Å². The third-order valence-electron chi connectivity index (χ3n) is 3.05. The van der Waals surface area contributed by atoms with Gasteiger partial charge in [0, 0.05) is 12.1 Å². The first kappa shape index (κ1) is 15.0. The van der Waals surface area contributed by atoms with Gasteiger partial charge in [0.05, 0.1) is 13.2 Å². The quantitative estimate of drug-likeness (QED) is 0.746. The van der Waals surface area contributed by atoms with E-state index in [1.165, 1.54) is 5.56 Å². The summed E-state index contributed by atoms with van der Waals surface area (Å²) in [6, 6.07) is 8.56. The van der Waals surface area contributed by atoms with E-state index in [1.54, 1.807) is 0 Å². The van der Waals surface area contributed by atoms with Crippen LogP contribution >= 0.6 is 0 Å². The SMILES string of the molecule is CCCOc1ccc(C(C)NC(CC)CO)cc1. The van der Waals surface area contributed by atoms with E-state index in [4.69, 9.17) is 4.74 Å². The fraction of sp³-hybridized carbons (Fsp3) is 0.600. The molecule has 18 heavy (non-hydrogen) atoms. The Morgan fingerprint density at radius 3 is 2.39 bits per heavy atom. The van der Waals surface area contributed by atoms with Gasteiger partial charge >= 0.3 is 0 Å². The van der Waals surface area contributed by atoms with Crippen molar-refractivity contribution in [2.75, 3.05) is 13.2 Å². The van der Waals surface area contributed by atoms with Gasteiger partial charge in [0.15, 0.2) is 0 Å². The van der Waals surface area contributed by atoms with Crippen LogP contribution in [-0.4, -0.2) is 24.4 Å². The highest BCUT2D eigenvalue weighted by molar-refractivity contribution is 5.29. The van der Waals surface area contributed by atoms with Gasteiger partial charge in [-0.15, -0.1) is 0 Å². The van der Waals surface area contributed by atoms with Crippen LogP contribution in [0.2, 0.25) is 0 Å². The summed E-state index contributed by atoms with van der Waals surface area (Å²) in [5.74, 6) is 0.919. The second kappa shape index (κ2) is 8.11. The highest BCUT2D eigenvalue weighted by Gasteiger charge is 2.10. The summed E-state index contributed by atoms with van der Waals surface area (Å²) in [7, 11) is 0. The van der Waals surface area contributed by atoms with Crippen LogP contribution in [0, 0.1) is 0 Å². The molecule has 0 aromatic heterocycles. The molecule has 2 N–H and O–H groups in total. The number of hydrogen-bond acceptors (Lipinski definition) is 3. The summed E-state index contributed by atoms with van der Waals surface area (Å²) >= 11 is 0. The maximum atomic E-state index is 9.18. The van der Waals surface area contributed by atoms with Crippen LogP contribution in [-0.2, 0) is 0 Å². The minimum Gasteiger partial charge on any atom is -0.494 e. The molecule has 0 heterocycles. The van der Waals surface area contributed by atoms with Crippen molar-refractivity contribution in [3.05, 3.63) is 29.8 Å². The minimum atomic E-state index is 0.163. The van der Waals surface area contributed by atoms with E-state index in [0.717, 1.165) is 25.2 Å². The number of ether oxygens (including phenoxy) is 1. The Morgan fingerprint density at radius 1 is 1.22 bits per heavy atom. The molecule has 1 aromatic rings. The van der Waals surface area contributed by atoms with Crippen molar-refractivity contribution >= 4 is 0 Å². The van der Waals surface area contributed by atoms with Gasteiger partial charge in [0.2, 0.25) is 0 Å². The Labute approximate surface area is 110 Å². The van der Waals surface area contributed by atoms with E-state index >= 15 is 0 Å². The summed E-state index contributed by atoms with van der Waals surface area (Å²) in [4.78, 5) is 0. The molecule has 0 fully saturated rings. The maximum Gasteiger partial charge on any atom is 0.119 e. The van der Waals surface area contributed by atoms with E-state index in [9.17, 15) is 5.11 Å². The smallest absolute Gasteiger partial charge is 0.119 e. The zero-order chi connectivity index (χ0) is 13.4. The van der Waals surface area contributed by atoms with Crippen molar-refractivity contribution in [2.45, 2.75) is 45.7 Å². The van der Waals surface area contributed by atoms with Gasteiger partial charge in [-0.3, -0.25) is 0 Å². The van der Waals surface area contributed by atoms with E-state index in [1.807, 2.05) is 12.1 Å². The second-order valence-corrected chi connectivity index (χ2v) is 4.59. The summed E-state index contributed by atoms with van der Waals surface area (Å²) in [5.41, 5.74) is 1.21. The van der Waals surface area contributed by atoms with Crippen molar-refractivity contribution < 1.29 is 9.84 Å². The highest BCUT2D eigenvalue weighted by atomic mass is 16.5. The first-order chi connectivity index (χ1) is 8.71. The zero-order valence-electron chi connectivity index (χ0n) is 11.6. The normalized spacial score (nSPS) is 14.2. The number of hydrogen-bond donors (Lipinski definition) is 2. The Morgan fingerprint density at radius 2 is 1.89 bits per heavy atom. The number of benzene rings is 1. The van der Waals surface area contributed by atoms with Gasteiger partial charge in [-0.1, -0.05) is 26.0 Å². The molecule has 0 amide bonds. The number of rotatable bonds is 8. The van der Waals surface area contributed by atoms with E-state index in [2.05, 4.69) is 38.2 Å².